The van der Waals surface area contributed by atoms with Crippen LogP contribution in [0, 0.1) is 0 Å². The highest BCUT2D eigenvalue weighted by Gasteiger charge is 2.14. The molecule has 0 saturated carbocycles. The van der Waals surface area contributed by atoms with E-state index in [0.717, 1.165) is 17.8 Å². The summed E-state index contributed by atoms with van der Waals surface area (Å²) in [5, 5.41) is 0. The summed E-state index contributed by atoms with van der Waals surface area (Å²) in [5.74, 6) is 0. The van der Waals surface area contributed by atoms with Crippen LogP contribution in [-0.2, 0) is 11.8 Å². The Bertz CT molecular complexity index is 279. The van der Waals surface area contributed by atoms with E-state index in [-0.39, 0.29) is 17.8 Å². The van der Waals surface area contributed by atoms with Gasteiger partial charge in [-0.25, -0.2) is 0 Å². The number of hydrogen-bond donors (Lipinski definition) is 1. The molecule has 2 N–H and O–H groups in total. The summed E-state index contributed by atoms with van der Waals surface area (Å²) in [6.45, 7) is 7.17. The maximum absolute atomic E-state index is 5.48. The highest BCUT2D eigenvalue weighted by atomic mass is 35.5. The van der Waals surface area contributed by atoms with Gasteiger partial charge in [-0.3, -0.25) is 4.98 Å². The van der Waals surface area contributed by atoms with Gasteiger partial charge < -0.3 is 5.73 Å². The predicted molar refractivity (Wildman–Crippen MR) is 62.9 cm³/mol. The predicted octanol–water partition coefficient (Wildman–Crippen LogP) is 2.30. The molecule has 3 heteroatoms. The van der Waals surface area contributed by atoms with Crippen LogP contribution in [0.4, 0.5) is 0 Å². The zero-order chi connectivity index (χ0) is 9.90. The fourth-order valence-corrected chi connectivity index (χ4v) is 1.18. The second-order valence-corrected chi connectivity index (χ2v) is 4.30. The van der Waals surface area contributed by atoms with Crippen LogP contribution in [0.15, 0.2) is 18.2 Å². The van der Waals surface area contributed by atoms with Crippen LogP contribution < -0.4 is 5.73 Å². The molecular weight excluding hydrogens is 196 g/mol. The Labute approximate surface area is 92.3 Å². The summed E-state index contributed by atoms with van der Waals surface area (Å²) < 4.78 is 0. The highest BCUT2D eigenvalue weighted by molar-refractivity contribution is 5.85. The first-order valence-electron chi connectivity index (χ1n) is 4.70. The van der Waals surface area contributed by atoms with E-state index in [1.54, 1.807) is 0 Å². The summed E-state index contributed by atoms with van der Waals surface area (Å²) in [4.78, 5) is 4.55. The smallest absolute Gasteiger partial charge is 0.0460 e. The number of hydrogen-bond acceptors (Lipinski definition) is 2. The molecule has 0 aliphatic heterocycles. The molecule has 1 aromatic rings. The molecule has 0 aromatic carbocycles. The largest absolute Gasteiger partial charge is 0.330 e. The molecule has 1 rings (SSSR count). The molecule has 0 atom stereocenters. The molecule has 0 unspecified atom stereocenters. The van der Waals surface area contributed by atoms with Crippen molar-refractivity contribution in [1.82, 2.24) is 4.98 Å². The molecule has 0 radical (unpaired) electrons. The van der Waals surface area contributed by atoms with E-state index in [1.807, 2.05) is 6.07 Å². The molecule has 0 fully saturated rings. The van der Waals surface area contributed by atoms with E-state index in [2.05, 4.69) is 37.9 Å². The Balaban J connectivity index is 0.00000169. The van der Waals surface area contributed by atoms with Crippen LogP contribution >= 0.6 is 12.4 Å². The number of nitrogens with two attached hydrogens (primary N) is 1. The van der Waals surface area contributed by atoms with Crippen LogP contribution in [0.2, 0.25) is 0 Å². The molecular formula is C11H19ClN2. The highest BCUT2D eigenvalue weighted by Crippen LogP contribution is 2.19. The SMILES string of the molecule is CC(C)(C)c1cccc(CCN)n1.Cl. The van der Waals surface area contributed by atoms with Crippen molar-refractivity contribution < 1.29 is 0 Å². The molecule has 0 aliphatic rings. The van der Waals surface area contributed by atoms with E-state index in [1.165, 1.54) is 0 Å². The monoisotopic (exact) mass is 214 g/mol. The zero-order valence-electron chi connectivity index (χ0n) is 9.08. The van der Waals surface area contributed by atoms with Gasteiger partial charge in [-0.1, -0.05) is 26.8 Å². The van der Waals surface area contributed by atoms with Gasteiger partial charge in [0, 0.05) is 23.2 Å². The number of halogens is 1. The van der Waals surface area contributed by atoms with E-state index in [4.69, 9.17) is 5.73 Å². The van der Waals surface area contributed by atoms with Gasteiger partial charge in [-0.15, -0.1) is 12.4 Å². The zero-order valence-corrected chi connectivity index (χ0v) is 9.90. The molecule has 2 nitrogen and oxygen atoms in total. The van der Waals surface area contributed by atoms with Crippen LogP contribution in [0.25, 0.3) is 0 Å². The average Bonchev–Trinajstić information content (AvgIpc) is 2.04. The molecule has 80 valence electrons. The van der Waals surface area contributed by atoms with E-state index in [0.29, 0.717) is 6.54 Å². The fourth-order valence-electron chi connectivity index (χ4n) is 1.18. The maximum Gasteiger partial charge on any atom is 0.0460 e. The third kappa shape index (κ3) is 3.64. The van der Waals surface area contributed by atoms with Crippen molar-refractivity contribution in [3.8, 4) is 0 Å². The Morgan fingerprint density at radius 1 is 1.29 bits per heavy atom. The minimum atomic E-state index is 0. The lowest BCUT2D eigenvalue weighted by molar-refractivity contribution is 0.565. The first kappa shape index (κ1) is 13.4. The molecule has 0 bridgehead atoms. The van der Waals surface area contributed by atoms with E-state index < -0.39 is 0 Å². The Kier molecular flexibility index (Phi) is 5.09. The van der Waals surface area contributed by atoms with Gasteiger partial charge in [0.1, 0.15) is 0 Å². The Morgan fingerprint density at radius 2 is 1.93 bits per heavy atom. The van der Waals surface area contributed by atoms with Crippen molar-refractivity contribution in [2.45, 2.75) is 32.6 Å². The third-order valence-corrected chi connectivity index (χ3v) is 1.98. The quantitative estimate of drug-likeness (QED) is 0.821. The minimum absolute atomic E-state index is 0. The van der Waals surface area contributed by atoms with Gasteiger partial charge in [-0.05, 0) is 18.7 Å². The molecule has 0 aliphatic carbocycles. The minimum Gasteiger partial charge on any atom is -0.330 e. The molecule has 0 spiro atoms. The Morgan fingerprint density at radius 3 is 2.43 bits per heavy atom. The van der Waals surface area contributed by atoms with Crippen LogP contribution in [-0.4, -0.2) is 11.5 Å². The maximum atomic E-state index is 5.48. The topological polar surface area (TPSA) is 38.9 Å². The van der Waals surface area contributed by atoms with Crippen molar-refractivity contribution >= 4 is 12.4 Å². The standard InChI is InChI=1S/C11H18N2.ClH/c1-11(2,3)10-6-4-5-9(13-10)7-8-12;/h4-6H,7-8,12H2,1-3H3;1H. The van der Waals surface area contributed by atoms with Crippen molar-refractivity contribution in [2.75, 3.05) is 6.54 Å². The van der Waals surface area contributed by atoms with Gasteiger partial charge in [0.2, 0.25) is 0 Å². The van der Waals surface area contributed by atoms with E-state index in [9.17, 15) is 0 Å². The number of rotatable bonds is 2. The summed E-state index contributed by atoms with van der Waals surface area (Å²) in [6.07, 6.45) is 0.865. The van der Waals surface area contributed by atoms with Crippen molar-refractivity contribution in [1.29, 1.82) is 0 Å². The molecule has 0 saturated heterocycles. The fraction of sp³-hybridized carbons (Fsp3) is 0.545. The first-order valence-corrected chi connectivity index (χ1v) is 4.70. The lowest BCUT2D eigenvalue weighted by Crippen LogP contribution is -2.15. The molecule has 1 heterocycles. The van der Waals surface area contributed by atoms with Gasteiger partial charge >= 0.3 is 0 Å². The molecule has 1 aromatic heterocycles. The van der Waals surface area contributed by atoms with Crippen molar-refractivity contribution in [3.05, 3.63) is 29.6 Å². The van der Waals surface area contributed by atoms with Gasteiger partial charge in [-0.2, -0.15) is 0 Å². The molecule has 0 amide bonds. The van der Waals surface area contributed by atoms with Gasteiger partial charge in [0.05, 0.1) is 0 Å². The normalized spacial score (nSPS) is 10.9. The van der Waals surface area contributed by atoms with Crippen LogP contribution in [0.3, 0.4) is 0 Å². The van der Waals surface area contributed by atoms with Crippen molar-refractivity contribution in [2.24, 2.45) is 5.73 Å². The van der Waals surface area contributed by atoms with Crippen LogP contribution in [0.1, 0.15) is 32.2 Å². The third-order valence-electron chi connectivity index (χ3n) is 1.98. The number of aromatic nitrogens is 1. The van der Waals surface area contributed by atoms with Crippen LogP contribution in [0.5, 0.6) is 0 Å². The summed E-state index contributed by atoms with van der Waals surface area (Å²) in [5.41, 5.74) is 7.84. The number of nitrogens with zero attached hydrogens (tertiary/aromatic N) is 1. The van der Waals surface area contributed by atoms with E-state index >= 15 is 0 Å². The molecule has 14 heavy (non-hydrogen) atoms. The second-order valence-electron chi connectivity index (χ2n) is 4.30. The average molecular weight is 215 g/mol. The van der Waals surface area contributed by atoms with Crippen molar-refractivity contribution in [3.63, 3.8) is 0 Å². The lowest BCUT2D eigenvalue weighted by Gasteiger charge is -2.18. The summed E-state index contributed by atoms with van der Waals surface area (Å²) in [7, 11) is 0. The first-order chi connectivity index (χ1) is 6.04. The van der Waals surface area contributed by atoms with Gasteiger partial charge in [0.15, 0.2) is 0 Å². The summed E-state index contributed by atoms with van der Waals surface area (Å²) in [6, 6.07) is 6.15. The number of pyridine rings is 1. The lowest BCUT2D eigenvalue weighted by atomic mass is 9.91. The van der Waals surface area contributed by atoms with Gasteiger partial charge in [0.25, 0.3) is 0 Å². The second kappa shape index (κ2) is 5.32. The Hall–Kier alpha value is -0.600. The summed E-state index contributed by atoms with van der Waals surface area (Å²) >= 11 is 0.